The molecule has 0 saturated carbocycles. The molecule has 10 nitrogen and oxygen atoms in total. The standard InChI is InChI=1S/C14H14N6O4/c1-2-6-23-9-5-3-4-8(7-9)11-10(14(21)22)16-19-20(11)13-12(15)17-24-18-13/h3-5,7H,2,6H2,1H3,(H2,15,17)(H,21,22). The van der Waals surface area contributed by atoms with E-state index in [1.54, 1.807) is 24.3 Å². The maximum absolute atomic E-state index is 11.5. The summed E-state index contributed by atoms with van der Waals surface area (Å²) in [6.07, 6.45) is 0.852. The van der Waals surface area contributed by atoms with E-state index in [-0.39, 0.29) is 23.0 Å². The number of carboxylic acid groups (broad SMARTS) is 1. The smallest absolute Gasteiger partial charge is 0.358 e. The van der Waals surface area contributed by atoms with E-state index in [1.807, 2.05) is 6.92 Å². The molecule has 0 aliphatic carbocycles. The zero-order chi connectivity index (χ0) is 17.1. The van der Waals surface area contributed by atoms with Crippen molar-refractivity contribution in [1.29, 1.82) is 0 Å². The molecule has 0 unspecified atom stereocenters. The van der Waals surface area contributed by atoms with Crippen molar-refractivity contribution in [2.24, 2.45) is 0 Å². The highest BCUT2D eigenvalue weighted by molar-refractivity contribution is 5.93. The van der Waals surface area contributed by atoms with Crippen LogP contribution in [-0.2, 0) is 0 Å². The van der Waals surface area contributed by atoms with Gasteiger partial charge in [0.15, 0.2) is 5.69 Å². The molecule has 0 bridgehead atoms. The fraction of sp³-hybridized carbons (Fsp3) is 0.214. The number of aromatic carboxylic acids is 1. The van der Waals surface area contributed by atoms with E-state index in [2.05, 4.69) is 25.3 Å². The Hall–Kier alpha value is -3.43. The van der Waals surface area contributed by atoms with Gasteiger partial charge >= 0.3 is 5.97 Å². The minimum atomic E-state index is -1.23. The molecule has 1 aromatic carbocycles. The Bertz CT molecular complexity index is 872. The molecule has 10 heteroatoms. The molecule has 24 heavy (non-hydrogen) atoms. The summed E-state index contributed by atoms with van der Waals surface area (Å²) in [6.45, 7) is 2.54. The lowest BCUT2D eigenvalue weighted by Crippen LogP contribution is -2.06. The normalized spacial score (nSPS) is 10.7. The van der Waals surface area contributed by atoms with Gasteiger partial charge in [0.25, 0.3) is 0 Å². The van der Waals surface area contributed by atoms with Crippen LogP contribution in [0.15, 0.2) is 28.9 Å². The zero-order valence-electron chi connectivity index (χ0n) is 12.7. The van der Waals surface area contributed by atoms with E-state index in [1.165, 1.54) is 4.68 Å². The summed E-state index contributed by atoms with van der Waals surface area (Å²) in [5.74, 6) is -0.600. The van der Waals surface area contributed by atoms with E-state index in [0.29, 0.717) is 17.9 Å². The van der Waals surface area contributed by atoms with Gasteiger partial charge in [0.2, 0.25) is 11.6 Å². The molecule has 2 heterocycles. The minimum absolute atomic E-state index is 0.0310. The van der Waals surface area contributed by atoms with Crippen molar-refractivity contribution < 1.29 is 19.3 Å². The van der Waals surface area contributed by atoms with E-state index in [9.17, 15) is 9.90 Å². The third kappa shape index (κ3) is 2.76. The summed E-state index contributed by atoms with van der Waals surface area (Å²) in [5, 5.41) is 24.0. The Morgan fingerprint density at radius 1 is 1.42 bits per heavy atom. The highest BCUT2D eigenvalue weighted by atomic mass is 16.6. The van der Waals surface area contributed by atoms with Gasteiger partial charge in [-0.1, -0.05) is 24.3 Å². The quantitative estimate of drug-likeness (QED) is 0.685. The van der Waals surface area contributed by atoms with Crippen LogP contribution in [0.3, 0.4) is 0 Å². The average Bonchev–Trinajstić information content (AvgIpc) is 3.18. The zero-order valence-corrected chi connectivity index (χ0v) is 12.7. The topological polar surface area (TPSA) is 142 Å². The molecule has 0 spiro atoms. The van der Waals surface area contributed by atoms with E-state index >= 15 is 0 Å². The SMILES string of the molecule is CCCOc1cccc(-c2c(C(=O)O)nnn2-c2nonc2N)c1. The van der Waals surface area contributed by atoms with Crippen LogP contribution in [0, 0.1) is 0 Å². The number of nitrogens with zero attached hydrogens (tertiary/aromatic N) is 5. The number of hydrogen-bond donors (Lipinski definition) is 2. The molecule has 3 rings (SSSR count). The molecule has 0 aliphatic rings. The molecule has 124 valence electrons. The average molecular weight is 330 g/mol. The van der Waals surface area contributed by atoms with Crippen LogP contribution < -0.4 is 10.5 Å². The molecule has 2 aromatic heterocycles. The largest absolute Gasteiger partial charge is 0.494 e. The van der Waals surface area contributed by atoms with E-state index < -0.39 is 5.97 Å². The second kappa shape index (κ2) is 6.36. The second-order valence-electron chi connectivity index (χ2n) is 4.85. The van der Waals surface area contributed by atoms with Crippen LogP contribution in [-0.4, -0.2) is 43.0 Å². The van der Waals surface area contributed by atoms with Gasteiger partial charge in [0, 0.05) is 5.56 Å². The first-order valence-electron chi connectivity index (χ1n) is 7.12. The predicted octanol–water partition coefficient (Wildman–Crippen LogP) is 1.39. The van der Waals surface area contributed by atoms with Crippen molar-refractivity contribution in [3.63, 3.8) is 0 Å². The molecular formula is C14H14N6O4. The molecule has 3 N–H and O–H groups in total. The number of aromatic nitrogens is 5. The third-order valence-corrected chi connectivity index (χ3v) is 3.15. The van der Waals surface area contributed by atoms with Gasteiger partial charge in [-0.15, -0.1) is 5.10 Å². The van der Waals surface area contributed by atoms with Crippen molar-refractivity contribution in [3.8, 4) is 22.8 Å². The van der Waals surface area contributed by atoms with Gasteiger partial charge in [-0.3, -0.25) is 0 Å². The van der Waals surface area contributed by atoms with E-state index in [0.717, 1.165) is 6.42 Å². The van der Waals surface area contributed by atoms with Crippen LogP contribution in [0.5, 0.6) is 5.75 Å². The van der Waals surface area contributed by atoms with Crippen LogP contribution in [0.2, 0.25) is 0 Å². The highest BCUT2D eigenvalue weighted by Crippen LogP contribution is 2.29. The Morgan fingerprint density at radius 2 is 2.25 bits per heavy atom. The van der Waals surface area contributed by atoms with Crippen molar-refractivity contribution >= 4 is 11.8 Å². The third-order valence-electron chi connectivity index (χ3n) is 3.15. The first-order chi connectivity index (χ1) is 11.6. The van der Waals surface area contributed by atoms with Gasteiger partial charge < -0.3 is 15.6 Å². The Balaban J connectivity index is 2.14. The van der Waals surface area contributed by atoms with E-state index in [4.69, 9.17) is 10.5 Å². The first-order valence-corrected chi connectivity index (χ1v) is 7.12. The van der Waals surface area contributed by atoms with Gasteiger partial charge in [0.1, 0.15) is 11.4 Å². The number of benzene rings is 1. The summed E-state index contributed by atoms with van der Waals surface area (Å²) in [6, 6.07) is 6.93. The number of carboxylic acids is 1. The molecule has 0 radical (unpaired) electrons. The minimum Gasteiger partial charge on any atom is -0.494 e. The number of hydrogen-bond acceptors (Lipinski definition) is 8. The van der Waals surface area contributed by atoms with Gasteiger partial charge in [0.05, 0.1) is 6.61 Å². The summed E-state index contributed by atoms with van der Waals surface area (Å²) < 4.78 is 11.3. The van der Waals surface area contributed by atoms with Crippen molar-refractivity contribution in [3.05, 3.63) is 30.0 Å². The number of rotatable bonds is 6. The monoisotopic (exact) mass is 330 g/mol. The Morgan fingerprint density at radius 3 is 2.92 bits per heavy atom. The number of anilines is 1. The Labute approximate surface area is 135 Å². The molecule has 0 aliphatic heterocycles. The Kier molecular flexibility index (Phi) is 4.10. The first kappa shape index (κ1) is 15.5. The van der Waals surface area contributed by atoms with Gasteiger partial charge in [-0.05, 0) is 28.9 Å². The number of carbonyl (C=O) groups is 1. The lowest BCUT2D eigenvalue weighted by Gasteiger charge is -2.08. The van der Waals surface area contributed by atoms with Crippen molar-refractivity contribution in [2.45, 2.75) is 13.3 Å². The second-order valence-corrected chi connectivity index (χ2v) is 4.85. The fourth-order valence-corrected chi connectivity index (χ4v) is 2.12. The molecule has 3 aromatic rings. The lowest BCUT2D eigenvalue weighted by molar-refractivity contribution is 0.0691. The maximum atomic E-state index is 11.5. The van der Waals surface area contributed by atoms with Crippen LogP contribution in [0.25, 0.3) is 17.1 Å². The lowest BCUT2D eigenvalue weighted by atomic mass is 10.1. The number of nitrogens with two attached hydrogens (primary N) is 1. The number of ether oxygens (including phenoxy) is 1. The van der Waals surface area contributed by atoms with Gasteiger partial charge in [-0.25, -0.2) is 9.42 Å². The summed E-state index contributed by atoms with van der Waals surface area (Å²) in [7, 11) is 0. The van der Waals surface area contributed by atoms with Crippen molar-refractivity contribution in [2.75, 3.05) is 12.3 Å². The summed E-state index contributed by atoms with van der Waals surface area (Å²) in [5.41, 5.74) is 6.16. The fourth-order valence-electron chi connectivity index (χ4n) is 2.12. The summed E-state index contributed by atoms with van der Waals surface area (Å²) >= 11 is 0. The molecule has 0 atom stereocenters. The highest BCUT2D eigenvalue weighted by Gasteiger charge is 2.25. The van der Waals surface area contributed by atoms with Gasteiger partial charge in [-0.2, -0.15) is 4.68 Å². The van der Waals surface area contributed by atoms with Crippen LogP contribution in [0.4, 0.5) is 5.82 Å². The molecular weight excluding hydrogens is 316 g/mol. The van der Waals surface area contributed by atoms with Crippen LogP contribution >= 0.6 is 0 Å². The maximum Gasteiger partial charge on any atom is 0.358 e. The molecule has 0 amide bonds. The molecule has 0 saturated heterocycles. The van der Waals surface area contributed by atoms with Crippen molar-refractivity contribution in [1.82, 2.24) is 25.3 Å². The number of nitrogen functional groups attached to an aromatic ring is 1. The summed E-state index contributed by atoms with van der Waals surface area (Å²) in [4.78, 5) is 11.5. The van der Waals surface area contributed by atoms with Crippen LogP contribution in [0.1, 0.15) is 23.8 Å². The predicted molar refractivity (Wildman–Crippen MR) is 81.8 cm³/mol. The molecule has 0 fully saturated rings.